The summed E-state index contributed by atoms with van der Waals surface area (Å²) >= 11 is 0. The fourth-order valence-corrected chi connectivity index (χ4v) is 2.86. The summed E-state index contributed by atoms with van der Waals surface area (Å²) in [7, 11) is 0. The Kier molecular flexibility index (Phi) is 4.62. The Balaban J connectivity index is 1.98. The monoisotopic (exact) mass is 354 g/mol. The number of amides is 1. The number of hydrogen-bond acceptors (Lipinski definition) is 4. The van der Waals surface area contributed by atoms with Crippen LogP contribution in [0.1, 0.15) is 22.8 Å². The van der Waals surface area contributed by atoms with Crippen LogP contribution < -0.4 is 10.7 Å². The Morgan fingerprint density at radius 2 is 1.96 bits per heavy atom. The molecule has 0 atom stereocenters. The molecule has 0 aliphatic heterocycles. The van der Waals surface area contributed by atoms with E-state index in [2.05, 4.69) is 0 Å². The number of aryl methyl sites for hydroxylation is 1. The van der Waals surface area contributed by atoms with E-state index in [1.54, 1.807) is 4.90 Å². The van der Waals surface area contributed by atoms with E-state index >= 15 is 0 Å². The number of benzene rings is 2. The summed E-state index contributed by atoms with van der Waals surface area (Å²) in [6.07, 6.45) is 0. The van der Waals surface area contributed by atoms with Gasteiger partial charge in [0.05, 0.1) is 11.1 Å². The van der Waals surface area contributed by atoms with Crippen molar-refractivity contribution in [3.63, 3.8) is 0 Å². The van der Waals surface area contributed by atoms with Crippen LogP contribution in [0.3, 0.4) is 0 Å². The molecule has 0 bridgehead atoms. The van der Waals surface area contributed by atoms with E-state index in [0.717, 1.165) is 15.8 Å². The van der Waals surface area contributed by atoms with Crippen molar-refractivity contribution >= 4 is 28.7 Å². The summed E-state index contributed by atoms with van der Waals surface area (Å²) in [5.41, 5.74) is 2.30. The van der Waals surface area contributed by atoms with Gasteiger partial charge in [0, 0.05) is 12.2 Å². The average Bonchev–Trinajstić information content (AvgIpc) is 2.90. The fourth-order valence-electron chi connectivity index (χ4n) is 2.86. The van der Waals surface area contributed by atoms with Gasteiger partial charge in [0.1, 0.15) is 6.54 Å². The summed E-state index contributed by atoms with van der Waals surface area (Å²) in [5.74, 6) is -2.10. The molecule has 7 heteroatoms. The zero-order chi connectivity index (χ0) is 18.8. The third-order valence-corrected chi connectivity index (χ3v) is 4.14. The van der Waals surface area contributed by atoms with E-state index in [0.29, 0.717) is 6.54 Å². The molecule has 3 rings (SSSR count). The molecule has 7 nitrogen and oxygen atoms in total. The minimum absolute atomic E-state index is 0.0190. The van der Waals surface area contributed by atoms with Gasteiger partial charge in [0.15, 0.2) is 5.58 Å². The van der Waals surface area contributed by atoms with E-state index in [4.69, 9.17) is 9.52 Å². The number of carbonyl (C=O) groups is 2. The highest BCUT2D eigenvalue weighted by atomic mass is 16.4. The molecule has 3 aromatic rings. The van der Waals surface area contributed by atoms with E-state index in [9.17, 15) is 14.4 Å². The second kappa shape index (κ2) is 6.87. The average molecular weight is 354 g/mol. The van der Waals surface area contributed by atoms with Gasteiger partial charge in [-0.05, 0) is 49.7 Å². The number of anilines is 1. The molecule has 0 aliphatic rings. The van der Waals surface area contributed by atoms with Crippen LogP contribution in [0.4, 0.5) is 5.69 Å². The third kappa shape index (κ3) is 3.23. The lowest BCUT2D eigenvalue weighted by Gasteiger charge is -2.21. The maximum absolute atomic E-state index is 12.8. The van der Waals surface area contributed by atoms with Crippen molar-refractivity contribution in [3.8, 4) is 0 Å². The first-order valence-electron chi connectivity index (χ1n) is 8.14. The van der Waals surface area contributed by atoms with Crippen LogP contribution in [0, 0.1) is 6.92 Å². The van der Waals surface area contributed by atoms with Crippen LogP contribution in [-0.4, -0.2) is 28.1 Å². The van der Waals surface area contributed by atoms with E-state index in [1.165, 1.54) is 18.2 Å². The quantitative estimate of drug-likeness (QED) is 0.760. The van der Waals surface area contributed by atoms with Gasteiger partial charge in [-0.1, -0.05) is 12.1 Å². The van der Waals surface area contributed by atoms with E-state index in [1.807, 2.05) is 38.1 Å². The van der Waals surface area contributed by atoms with Crippen LogP contribution >= 0.6 is 0 Å². The Bertz CT molecular complexity index is 1050. The number of carboxylic acid groups (broad SMARTS) is 1. The number of aromatic nitrogens is 1. The van der Waals surface area contributed by atoms with Gasteiger partial charge in [-0.15, -0.1) is 0 Å². The van der Waals surface area contributed by atoms with Crippen LogP contribution in [0.5, 0.6) is 0 Å². The molecule has 1 N–H and O–H groups in total. The number of likely N-dealkylation sites (N-methyl/N-ethyl adjacent to an activating group) is 1. The molecule has 0 aliphatic carbocycles. The highest BCUT2D eigenvalue weighted by molar-refractivity contribution is 5.95. The second-order valence-corrected chi connectivity index (χ2v) is 5.92. The molecular weight excluding hydrogens is 336 g/mol. The molecule has 1 heterocycles. The van der Waals surface area contributed by atoms with Gasteiger partial charge < -0.3 is 14.4 Å². The maximum Gasteiger partial charge on any atom is 0.420 e. The molecule has 1 aromatic heterocycles. The molecular formula is C19H18N2O5. The fraction of sp³-hybridized carbons (Fsp3) is 0.211. The largest absolute Gasteiger partial charge is 0.478 e. The Labute approximate surface area is 149 Å². The molecule has 134 valence electrons. The van der Waals surface area contributed by atoms with Gasteiger partial charge in [-0.2, -0.15) is 0 Å². The van der Waals surface area contributed by atoms with Gasteiger partial charge in [-0.3, -0.25) is 9.36 Å². The minimum Gasteiger partial charge on any atom is -0.478 e. The molecule has 0 spiro atoms. The van der Waals surface area contributed by atoms with Crippen LogP contribution in [0.2, 0.25) is 0 Å². The number of hydrogen-bond donors (Lipinski definition) is 1. The van der Waals surface area contributed by atoms with Gasteiger partial charge in [-0.25, -0.2) is 9.59 Å². The Hall–Kier alpha value is -3.35. The first-order chi connectivity index (χ1) is 12.4. The predicted molar refractivity (Wildman–Crippen MR) is 96.6 cm³/mol. The number of aromatic carboxylic acids is 1. The Morgan fingerprint density at radius 1 is 1.19 bits per heavy atom. The molecule has 0 saturated carbocycles. The summed E-state index contributed by atoms with van der Waals surface area (Å²) in [6.45, 7) is 3.98. The van der Waals surface area contributed by atoms with Gasteiger partial charge in [0.2, 0.25) is 5.91 Å². The van der Waals surface area contributed by atoms with Crippen LogP contribution in [-0.2, 0) is 11.3 Å². The van der Waals surface area contributed by atoms with Crippen molar-refractivity contribution in [3.05, 3.63) is 64.1 Å². The van der Waals surface area contributed by atoms with Crippen molar-refractivity contribution < 1.29 is 19.1 Å². The van der Waals surface area contributed by atoms with Crippen LogP contribution in [0.15, 0.2) is 51.7 Å². The Morgan fingerprint density at radius 3 is 2.62 bits per heavy atom. The SMILES string of the molecule is CCN(C(=O)Cn1c(=O)oc2ccc(C(=O)O)cc21)c1cccc(C)c1. The molecule has 26 heavy (non-hydrogen) atoms. The molecule has 0 radical (unpaired) electrons. The third-order valence-electron chi connectivity index (χ3n) is 4.14. The number of nitrogens with zero attached hydrogens (tertiary/aromatic N) is 2. The normalized spacial score (nSPS) is 10.8. The number of carboxylic acids is 1. The summed E-state index contributed by atoms with van der Waals surface area (Å²) in [6, 6.07) is 11.6. The summed E-state index contributed by atoms with van der Waals surface area (Å²) in [4.78, 5) is 37.6. The molecule has 0 unspecified atom stereocenters. The minimum atomic E-state index is -1.12. The summed E-state index contributed by atoms with van der Waals surface area (Å²) < 4.78 is 6.27. The van der Waals surface area contributed by atoms with Crippen molar-refractivity contribution in [2.75, 3.05) is 11.4 Å². The first-order valence-corrected chi connectivity index (χ1v) is 8.14. The van der Waals surface area contributed by atoms with Gasteiger partial charge >= 0.3 is 11.7 Å². The standard InChI is InChI=1S/C19H18N2O5/c1-3-20(14-6-4-5-12(2)9-14)17(22)11-21-15-10-13(18(23)24)7-8-16(15)26-19(21)25/h4-10H,3,11H2,1-2H3,(H,23,24). The zero-order valence-electron chi connectivity index (χ0n) is 14.4. The highest BCUT2D eigenvalue weighted by Crippen LogP contribution is 2.18. The summed E-state index contributed by atoms with van der Waals surface area (Å²) in [5, 5.41) is 9.13. The first kappa shape index (κ1) is 17.5. The molecule has 1 amide bonds. The van der Waals surface area contributed by atoms with Crippen molar-refractivity contribution in [2.24, 2.45) is 0 Å². The topological polar surface area (TPSA) is 92.8 Å². The second-order valence-electron chi connectivity index (χ2n) is 5.92. The van der Waals surface area contributed by atoms with E-state index in [-0.39, 0.29) is 29.1 Å². The number of carbonyl (C=O) groups excluding carboxylic acids is 1. The lowest BCUT2D eigenvalue weighted by Crippen LogP contribution is -2.35. The smallest absolute Gasteiger partial charge is 0.420 e. The van der Waals surface area contributed by atoms with Gasteiger partial charge in [0.25, 0.3) is 0 Å². The number of rotatable bonds is 5. The lowest BCUT2D eigenvalue weighted by atomic mass is 10.2. The van der Waals surface area contributed by atoms with Crippen molar-refractivity contribution in [1.29, 1.82) is 0 Å². The predicted octanol–water partition coefficient (Wildman–Crippen LogP) is 2.65. The van der Waals surface area contributed by atoms with Crippen LogP contribution in [0.25, 0.3) is 11.1 Å². The molecule has 0 fully saturated rings. The number of oxazole rings is 1. The lowest BCUT2D eigenvalue weighted by molar-refractivity contribution is -0.119. The molecule has 0 saturated heterocycles. The highest BCUT2D eigenvalue weighted by Gasteiger charge is 2.19. The zero-order valence-corrected chi connectivity index (χ0v) is 14.4. The van der Waals surface area contributed by atoms with E-state index < -0.39 is 11.7 Å². The van der Waals surface area contributed by atoms with Crippen molar-refractivity contribution in [2.45, 2.75) is 20.4 Å². The maximum atomic E-state index is 12.8. The number of fused-ring (bicyclic) bond motifs is 1. The molecule has 2 aromatic carbocycles. The van der Waals surface area contributed by atoms with Crippen molar-refractivity contribution in [1.82, 2.24) is 4.57 Å².